The molecular weight excluding hydrogens is 215 g/mol. The van der Waals surface area contributed by atoms with E-state index in [4.69, 9.17) is 5.11 Å². The van der Waals surface area contributed by atoms with Gasteiger partial charge >= 0.3 is 12.3 Å². The van der Waals surface area contributed by atoms with Gasteiger partial charge < -0.3 is 5.11 Å². The van der Waals surface area contributed by atoms with Crippen LogP contribution in [0.4, 0.5) is 23.7 Å². The van der Waals surface area contributed by atoms with Crippen molar-refractivity contribution in [2.75, 3.05) is 5.43 Å². The molecule has 15 heavy (non-hydrogen) atoms. The first-order valence-corrected chi connectivity index (χ1v) is 3.68. The molecular formula is C7H6F3N3O2. The minimum absolute atomic E-state index is 0.116. The number of carbonyl (C=O) groups is 1. The van der Waals surface area contributed by atoms with Crippen LogP contribution in [0.3, 0.4) is 0 Å². The van der Waals surface area contributed by atoms with Crippen molar-refractivity contribution >= 4 is 11.8 Å². The molecule has 1 heterocycles. The van der Waals surface area contributed by atoms with Gasteiger partial charge in [-0.05, 0) is 12.1 Å². The molecule has 5 nitrogen and oxygen atoms in total. The van der Waals surface area contributed by atoms with E-state index in [0.29, 0.717) is 0 Å². The van der Waals surface area contributed by atoms with Gasteiger partial charge in [-0.15, -0.1) is 0 Å². The molecule has 1 aromatic heterocycles. The largest absolute Gasteiger partial charge is 0.464 e. The van der Waals surface area contributed by atoms with Crippen molar-refractivity contribution in [3.63, 3.8) is 0 Å². The predicted molar refractivity (Wildman–Crippen MR) is 44.0 cm³/mol. The third kappa shape index (κ3) is 3.33. The van der Waals surface area contributed by atoms with E-state index in [1.165, 1.54) is 0 Å². The van der Waals surface area contributed by atoms with E-state index in [-0.39, 0.29) is 5.69 Å². The van der Waals surface area contributed by atoms with Gasteiger partial charge in [0, 0.05) is 0 Å². The molecule has 0 fully saturated rings. The number of carboxylic acid groups (broad SMARTS) is 1. The molecule has 0 radical (unpaired) electrons. The van der Waals surface area contributed by atoms with Gasteiger partial charge in [-0.2, -0.15) is 13.2 Å². The summed E-state index contributed by atoms with van der Waals surface area (Å²) in [6.45, 7) is 0. The second kappa shape index (κ2) is 4.03. The third-order valence-corrected chi connectivity index (χ3v) is 1.37. The second-order valence-corrected chi connectivity index (χ2v) is 2.49. The first-order chi connectivity index (χ1) is 6.89. The number of pyridine rings is 1. The van der Waals surface area contributed by atoms with Crippen LogP contribution in [0.1, 0.15) is 5.69 Å². The fourth-order valence-electron chi connectivity index (χ4n) is 0.761. The van der Waals surface area contributed by atoms with Crippen molar-refractivity contribution in [2.24, 2.45) is 0 Å². The molecule has 0 saturated heterocycles. The molecule has 82 valence electrons. The molecule has 1 rings (SSSR count). The zero-order valence-corrected chi connectivity index (χ0v) is 7.17. The van der Waals surface area contributed by atoms with Crippen LogP contribution in [0.15, 0.2) is 18.3 Å². The van der Waals surface area contributed by atoms with Crippen molar-refractivity contribution in [1.29, 1.82) is 0 Å². The van der Waals surface area contributed by atoms with E-state index in [9.17, 15) is 18.0 Å². The maximum Gasteiger partial charge on any atom is 0.433 e. The van der Waals surface area contributed by atoms with Crippen molar-refractivity contribution in [3.8, 4) is 0 Å². The summed E-state index contributed by atoms with van der Waals surface area (Å²) in [5.41, 5.74) is 2.99. The topological polar surface area (TPSA) is 74.2 Å². The van der Waals surface area contributed by atoms with Gasteiger partial charge in [-0.25, -0.2) is 15.2 Å². The van der Waals surface area contributed by atoms with Gasteiger partial charge in [0.15, 0.2) is 0 Å². The Labute approximate surface area is 81.9 Å². The van der Waals surface area contributed by atoms with Crippen LogP contribution < -0.4 is 10.9 Å². The average molecular weight is 221 g/mol. The molecule has 0 spiro atoms. The average Bonchev–Trinajstić information content (AvgIpc) is 2.14. The standard InChI is InChI=1S/C7H6F3N3O2/c8-7(9,10)5-2-1-4(3-11-5)12-13-6(14)15/h1-3,12-13H,(H,14,15). The molecule has 0 aliphatic heterocycles. The lowest BCUT2D eigenvalue weighted by molar-refractivity contribution is -0.141. The highest BCUT2D eigenvalue weighted by Crippen LogP contribution is 2.27. The van der Waals surface area contributed by atoms with Crippen LogP contribution in [0, 0.1) is 0 Å². The van der Waals surface area contributed by atoms with E-state index in [2.05, 4.69) is 10.4 Å². The van der Waals surface area contributed by atoms with Gasteiger partial charge in [0.2, 0.25) is 0 Å². The second-order valence-electron chi connectivity index (χ2n) is 2.49. The Kier molecular flexibility index (Phi) is 2.98. The molecule has 0 atom stereocenters. The molecule has 0 aliphatic carbocycles. The summed E-state index contributed by atoms with van der Waals surface area (Å²) in [5.74, 6) is 0. The fraction of sp³-hybridized carbons (Fsp3) is 0.143. The van der Waals surface area contributed by atoms with Gasteiger partial charge in [0.25, 0.3) is 0 Å². The quantitative estimate of drug-likeness (QED) is 0.664. The van der Waals surface area contributed by atoms with Gasteiger partial charge in [-0.1, -0.05) is 0 Å². The number of aromatic nitrogens is 1. The fourth-order valence-corrected chi connectivity index (χ4v) is 0.761. The molecule has 0 aliphatic rings. The number of hydrazine groups is 1. The summed E-state index contributed by atoms with van der Waals surface area (Å²) in [6.07, 6.45) is -4.98. The number of hydrogen-bond donors (Lipinski definition) is 3. The number of nitrogens with zero attached hydrogens (tertiary/aromatic N) is 1. The highest BCUT2D eigenvalue weighted by molar-refractivity contribution is 5.66. The van der Waals surface area contributed by atoms with E-state index in [1.54, 1.807) is 5.43 Å². The molecule has 0 bridgehead atoms. The summed E-state index contributed by atoms with van der Waals surface area (Å²) < 4.78 is 36.1. The first-order valence-electron chi connectivity index (χ1n) is 3.68. The SMILES string of the molecule is O=C(O)NNc1ccc(C(F)(F)F)nc1. The number of nitrogens with one attached hydrogen (secondary N) is 2. The Morgan fingerprint density at radius 1 is 1.40 bits per heavy atom. The molecule has 0 unspecified atom stereocenters. The van der Waals surface area contributed by atoms with Crippen LogP contribution in [0.5, 0.6) is 0 Å². The Balaban J connectivity index is 2.69. The van der Waals surface area contributed by atoms with E-state index >= 15 is 0 Å². The molecule has 3 N–H and O–H groups in total. The Morgan fingerprint density at radius 3 is 2.47 bits per heavy atom. The summed E-state index contributed by atoms with van der Waals surface area (Å²) >= 11 is 0. The lowest BCUT2D eigenvalue weighted by atomic mass is 10.3. The summed E-state index contributed by atoms with van der Waals surface area (Å²) in [5, 5.41) is 8.18. The maximum atomic E-state index is 12.0. The monoisotopic (exact) mass is 221 g/mol. The highest BCUT2D eigenvalue weighted by atomic mass is 19.4. The van der Waals surface area contributed by atoms with Crippen molar-refractivity contribution < 1.29 is 23.1 Å². The third-order valence-electron chi connectivity index (χ3n) is 1.37. The molecule has 0 aromatic carbocycles. The molecule has 1 amide bonds. The number of alkyl halides is 3. The zero-order valence-electron chi connectivity index (χ0n) is 7.17. The summed E-state index contributed by atoms with van der Waals surface area (Å²) in [4.78, 5) is 13.1. The minimum atomic E-state index is -4.50. The van der Waals surface area contributed by atoms with Crippen LogP contribution >= 0.6 is 0 Å². The number of anilines is 1. The lowest BCUT2D eigenvalue weighted by Gasteiger charge is -2.07. The smallest absolute Gasteiger partial charge is 0.433 e. The van der Waals surface area contributed by atoms with Crippen LogP contribution in [0.2, 0.25) is 0 Å². The summed E-state index contributed by atoms with van der Waals surface area (Å²) in [7, 11) is 0. The number of hydrogen-bond acceptors (Lipinski definition) is 3. The lowest BCUT2D eigenvalue weighted by Crippen LogP contribution is -2.27. The van der Waals surface area contributed by atoms with Gasteiger partial charge in [0.1, 0.15) is 5.69 Å². The Morgan fingerprint density at radius 2 is 2.07 bits per heavy atom. The molecule has 0 saturated carbocycles. The van der Waals surface area contributed by atoms with Crippen LogP contribution in [-0.4, -0.2) is 16.2 Å². The maximum absolute atomic E-state index is 12.0. The van der Waals surface area contributed by atoms with Crippen molar-refractivity contribution in [2.45, 2.75) is 6.18 Å². The first kappa shape index (κ1) is 11.1. The van der Waals surface area contributed by atoms with E-state index < -0.39 is 18.0 Å². The van der Waals surface area contributed by atoms with Crippen molar-refractivity contribution in [1.82, 2.24) is 10.4 Å². The number of rotatable bonds is 2. The Hall–Kier alpha value is -1.99. The van der Waals surface area contributed by atoms with E-state index in [1.807, 2.05) is 0 Å². The number of amides is 1. The zero-order chi connectivity index (χ0) is 11.5. The van der Waals surface area contributed by atoms with Gasteiger partial charge in [0.05, 0.1) is 11.9 Å². The molecule has 1 aromatic rings. The number of halogens is 3. The minimum Gasteiger partial charge on any atom is -0.464 e. The summed E-state index contributed by atoms with van der Waals surface area (Å²) in [6, 6.07) is 1.80. The Bertz CT molecular complexity index is 349. The normalized spacial score (nSPS) is 10.9. The van der Waals surface area contributed by atoms with E-state index in [0.717, 1.165) is 18.3 Å². The van der Waals surface area contributed by atoms with Crippen LogP contribution in [0.25, 0.3) is 0 Å². The van der Waals surface area contributed by atoms with Crippen LogP contribution in [-0.2, 0) is 6.18 Å². The molecule has 8 heteroatoms. The van der Waals surface area contributed by atoms with Gasteiger partial charge in [-0.3, -0.25) is 5.43 Å². The van der Waals surface area contributed by atoms with Crippen molar-refractivity contribution in [3.05, 3.63) is 24.0 Å². The predicted octanol–water partition coefficient (Wildman–Crippen LogP) is 1.69. The highest BCUT2D eigenvalue weighted by Gasteiger charge is 2.31.